The molecule has 0 amide bonds. The third-order valence-electron chi connectivity index (χ3n) is 3.92. The van der Waals surface area contributed by atoms with Gasteiger partial charge in [0.2, 0.25) is 0 Å². The lowest BCUT2D eigenvalue weighted by Crippen LogP contribution is -2.53. The van der Waals surface area contributed by atoms with E-state index < -0.39 is 0 Å². The number of oxime groups is 1. The van der Waals surface area contributed by atoms with Crippen LogP contribution in [0, 0.1) is 5.82 Å². The van der Waals surface area contributed by atoms with E-state index >= 15 is 0 Å². The van der Waals surface area contributed by atoms with Gasteiger partial charge in [0, 0.05) is 37.3 Å². The quantitative estimate of drug-likeness (QED) is 0.378. The van der Waals surface area contributed by atoms with Crippen LogP contribution in [-0.2, 0) is 0 Å². The molecule has 0 aromatic heterocycles. The predicted octanol–water partition coefficient (Wildman–Crippen LogP) is 1.84. The molecule has 1 aliphatic heterocycles. The van der Waals surface area contributed by atoms with Crippen molar-refractivity contribution in [2.24, 2.45) is 10.9 Å². The molecule has 2 rings (SSSR count). The molecule has 3 N–H and O–H groups in total. The maximum absolute atomic E-state index is 14.2. The van der Waals surface area contributed by atoms with Crippen LogP contribution in [0.1, 0.15) is 26.3 Å². The van der Waals surface area contributed by atoms with E-state index in [2.05, 4.69) is 30.8 Å². The van der Waals surface area contributed by atoms with Gasteiger partial charge in [0.05, 0.1) is 5.69 Å². The third kappa shape index (κ3) is 3.44. The van der Waals surface area contributed by atoms with Crippen LogP contribution in [0.5, 0.6) is 0 Å². The zero-order chi connectivity index (χ0) is 15.6. The number of rotatable bonds is 2. The summed E-state index contributed by atoms with van der Waals surface area (Å²) in [6.07, 6.45) is 0. The molecule has 1 aliphatic rings. The summed E-state index contributed by atoms with van der Waals surface area (Å²) in [7, 11) is 0. The van der Waals surface area contributed by atoms with E-state index in [-0.39, 0.29) is 17.2 Å². The lowest BCUT2D eigenvalue weighted by atomic mass is 10.0. The van der Waals surface area contributed by atoms with Crippen LogP contribution in [0.4, 0.5) is 10.1 Å². The number of nitrogens with zero attached hydrogens (tertiary/aromatic N) is 3. The Kier molecular flexibility index (Phi) is 4.37. The number of halogens is 1. The molecular weight excluding hydrogens is 271 g/mol. The first-order chi connectivity index (χ1) is 9.82. The van der Waals surface area contributed by atoms with Gasteiger partial charge in [0.15, 0.2) is 5.84 Å². The number of piperazine rings is 1. The summed E-state index contributed by atoms with van der Waals surface area (Å²) < 4.78 is 14.2. The molecule has 0 bridgehead atoms. The Morgan fingerprint density at radius 1 is 1.24 bits per heavy atom. The first kappa shape index (κ1) is 15.6. The van der Waals surface area contributed by atoms with Crippen molar-refractivity contribution in [1.82, 2.24) is 4.90 Å². The minimum Gasteiger partial charge on any atom is -0.409 e. The molecule has 0 unspecified atom stereocenters. The first-order valence-corrected chi connectivity index (χ1v) is 7.10. The molecule has 116 valence electrons. The summed E-state index contributed by atoms with van der Waals surface area (Å²) in [5, 5.41) is 11.5. The van der Waals surface area contributed by atoms with Gasteiger partial charge in [-0.1, -0.05) is 5.16 Å². The second-order valence-corrected chi connectivity index (χ2v) is 6.30. The molecule has 0 spiro atoms. The standard InChI is InChI=1S/C15H23FN4O/c1-15(2,3)20-8-6-19(7-9-20)13-5-4-11(10-12(13)16)14(17)18-21/h4-5,10,21H,6-9H2,1-3H3,(H2,17,18). The van der Waals surface area contributed by atoms with E-state index in [4.69, 9.17) is 10.9 Å². The van der Waals surface area contributed by atoms with E-state index in [0.29, 0.717) is 11.3 Å². The van der Waals surface area contributed by atoms with Gasteiger partial charge in [0.1, 0.15) is 5.82 Å². The van der Waals surface area contributed by atoms with E-state index in [1.807, 2.05) is 4.90 Å². The van der Waals surface area contributed by atoms with Crippen molar-refractivity contribution in [1.29, 1.82) is 0 Å². The van der Waals surface area contributed by atoms with Crippen LogP contribution in [0.2, 0.25) is 0 Å². The Hall–Kier alpha value is -1.82. The summed E-state index contributed by atoms with van der Waals surface area (Å²) in [5.41, 5.74) is 6.56. The van der Waals surface area contributed by atoms with Gasteiger partial charge in [0.25, 0.3) is 0 Å². The maximum Gasteiger partial charge on any atom is 0.170 e. The van der Waals surface area contributed by atoms with Gasteiger partial charge in [-0.2, -0.15) is 0 Å². The SMILES string of the molecule is CC(C)(C)N1CCN(c2ccc(C(N)=NO)cc2F)CC1. The molecule has 1 heterocycles. The number of anilines is 1. The van der Waals surface area contributed by atoms with Crippen molar-refractivity contribution in [3.8, 4) is 0 Å². The second kappa shape index (κ2) is 5.89. The molecule has 0 radical (unpaired) electrons. The largest absolute Gasteiger partial charge is 0.409 e. The first-order valence-electron chi connectivity index (χ1n) is 7.10. The summed E-state index contributed by atoms with van der Waals surface area (Å²) in [6, 6.07) is 4.67. The summed E-state index contributed by atoms with van der Waals surface area (Å²) in [5.74, 6) is -0.429. The van der Waals surface area contributed by atoms with Crippen molar-refractivity contribution in [3.05, 3.63) is 29.6 Å². The number of amidine groups is 1. The topological polar surface area (TPSA) is 65.1 Å². The molecule has 0 atom stereocenters. The zero-order valence-corrected chi connectivity index (χ0v) is 12.8. The number of hydrogen-bond donors (Lipinski definition) is 2. The summed E-state index contributed by atoms with van der Waals surface area (Å²) in [4.78, 5) is 4.43. The van der Waals surface area contributed by atoms with Crippen LogP contribution in [0.3, 0.4) is 0 Å². The van der Waals surface area contributed by atoms with Crippen molar-refractivity contribution in [3.63, 3.8) is 0 Å². The zero-order valence-electron chi connectivity index (χ0n) is 12.8. The smallest absolute Gasteiger partial charge is 0.170 e. The van der Waals surface area contributed by atoms with E-state index in [1.54, 1.807) is 12.1 Å². The Morgan fingerprint density at radius 3 is 2.33 bits per heavy atom. The maximum atomic E-state index is 14.2. The molecule has 5 nitrogen and oxygen atoms in total. The minimum atomic E-state index is -0.344. The molecule has 1 fully saturated rings. The van der Waals surface area contributed by atoms with Gasteiger partial charge >= 0.3 is 0 Å². The van der Waals surface area contributed by atoms with Crippen LogP contribution in [0.25, 0.3) is 0 Å². The molecule has 6 heteroatoms. The number of hydrogen-bond acceptors (Lipinski definition) is 4. The average Bonchev–Trinajstić information content (AvgIpc) is 2.45. The van der Waals surface area contributed by atoms with Crippen molar-refractivity contribution in [2.75, 3.05) is 31.1 Å². The lowest BCUT2D eigenvalue weighted by Gasteiger charge is -2.43. The molecule has 1 saturated heterocycles. The molecule has 0 aliphatic carbocycles. The van der Waals surface area contributed by atoms with Crippen LogP contribution >= 0.6 is 0 Å². The van der Waals surface area contributed by atoms with E-state index in [0.717, 1.165) is 26.2 Å². The Balaban J connectivity index is 2.11. The van der Waals surface area contributed by atoms with Gasteiger partial charge in [-0.05, 0) is 39.0 Å². The fraction of sp³-hybridized carbons (Fsp3) is 0.533. The van der Waals surface area contributed by atoms with Gasteiger partial charge in [-0.3, -0.25) is 4.90 Å². The number of benzene rings is 1. The van der Waals surface area contributed by atoms with Crippen LogP contribution < -0.4 is 10.6 Å². The third-order valence-corrected chi connectivity index (χ3v) is 3.92. The highest BCUT2D eigenvalue weighted by Gasteiger charge is 2.26. The Morgan fingerprint density at radius 2 is 1.86 bits per heavy atom. The normalized spacial score (nSPS) is 18.1. The highest BCUT2D eigenvalue weighted by molar-refractivity contribution is 5.97. The molecule has 1 aromatic carbocycles. The number of nitrogens with two attached hydrogens (primary N) is 1. The predicted molar refractivity (Wildman–Crippen MR) is 82.4 cm³/mol. The summed E-state index contributed by atoms with van der Waals surface area (Å²) in [6.45, 7) is 9.96. The van der Waals surface area contributed by atoms with Crippen molar-refractivity contribution >= 4 is 11.5 Å². The molecular formula is C15H23FN4O. The van der Waals surface area contributed by atoms with Gasteiger partial charge in [-0.25, -0.2) is 4.39 Å². The summed E-state index contributed by atoms with van der Waals surface area (Å²) >= 11 is 0. The lowest BCUT2D eigenvalue weighted by molar-refractivity contribution is 0.128. The van der Waals surface area contributed by atoms with Crippen LogP contribution in [0.15, 0.2) is 23.4 Å². The Bertz CT molecular complexity index is 531. The fourth-order valence-corrected chi connectivity index (χ4v) is 2.60. The van der Waals surface area contributed by atoms with Crippen molar-refractivity contribution in [2.45, 2.75) is 26.3 Å². The highest BCUT2D eigenvalue weighted by Crippen LogP contribution is 2.24. The van der Waals surface area contributed by atoms with Gasteiger partial charge in [-0.15, -0.1) is 0 Å². The Labute approximate surface area is 124 Å². The van der Waals surface area contributed by atoms with Crippen LogP contribution in [-0.4, -0.2) is 47.7 Å². The fourth-order valence-electron chi connectivity index (χ4n) is 2.60. The van der Waals surface area contributed by atoms with Gasteiger partial charge < -0.3 is 15.8 Å². The van der Waals surface area contributed by atoms with Crippen molar-refractivity contribution < 1.29 is 9.60 Å². The second-order valence-electron chi connectivity index (χ2n) is 6.30. The van der Waals surface area contributed by atoms with E-state index in [1.165, 1.54) is 6.07 Å². The van der Waals surface area contributed by atoms with E-state index in [9.17, 15) is 4.39 Å². The highest BCUT2D eigenvalue weighted by atomic mass is 19.1. The average molecular weight is 294 g/mol. The molecule has 21 heavy (non-hydrogen) atoms. The minimum absolute atomic E-state index is 0.0852. The monoisotopic (exact) mass is 294 g/mol. The molecule has 0 saturated carbocycles. The molecule has 1 aromatic rings.